The molecule has 0 atom stereocenters. The van der Waals surface area contributed by atoms with E-state index in [1.165, 1.54) is 0 Å². The second-order valence-electron chi connectivity index (χ2n) is 5.60. The van der Waals surface area contributed by atoms with Gasteiger partial charge in [-0.15, -0.1) is 22.7 Å². The van der Waals surface area contributed by atoms with E-state index in [1.807, 2.05) is 44.2 Å². The Morgan fingerprint density at radius 2 is 1.92 bits per heavy atom. The number of carbonyl (C=O) groups is 2. The number of thiazole rings is 1. The molecule has 0 spiro atoms. The van der Waals surface area contributed by atoms with Crippen LogP contribution in [0, 0.1) is 13.8 Å². The van der Waals surface area contributed by atoms with Gasteiger partial charge in [-0.25, -0.2) is 4.98 Å². The molecular formula is C18H18N2O2S2. The minimum atomic E-state index is -0.118. The molecule has 24 heavy (non-hydrogen) atoms. The van der Waals surface area contributed by atoms with Gasteiger partial charge in [0.15, 0.2) is 5.78 Å². The van der Waals surface area contributed by atoms with Crippen LogP contribution in [-0.2, 0) is 11.3 Å². The number of amides is 1. The summed E-state index contributed by atoms with van der Waals surface area (Å²) in [5.74, 6) is -0.0841. The van der Waals surface area contributed by atoms with Gasteiger partial charge in [0.25, 0.3) is 0 Å². The van der Waals surface area contributed by atoms with Crippen molar-refractivity contribution >= 4 is 44.6 Å². The zero-order valence-electron chi connectivity index (χ0n) is 13.6. The molecule has 0 saturated carbocycles. The van der Waals surface area contributed by atoms with Crippen LogP contribution in [0.5, 0.6) is 0 Å². The van der Waals surface area contributed by atoms with Crippen molar-refractivity contribution < 1.29 is 9.59 Å². The summed E-state index contributed by atoms with van der Waals surface area (Å²) in [6.07, 6.45) is 0.445. The fourth-order valence-electron chi connectivity index (χ4n) is 2.53. The maximum atomic E-state index is 12.2. The molecule has 124 valence electrons. The molecular weight excluding hydrogens is 340 g/mol. The molecule has 0 bridgehead atoms. The number of hydrogen-bond acceptors (Lipinski definition) is 5. The summed E-state index contributed by atoms with van der Waals surface area (Å²) in [6.45, 7) is 4.33. The topological polar surface area (TPSA) is 59.1 Å². The summed E-state index contributed by atoms with van der Waals surface area (Å²) >= 11 is 3.19. The summed E-state index contributed by atoms with van der Waals surface area (Å²) in [4.78, 5) is 30.8. The van der Waals surface area contributed by atoms with Crippen LogP contribution in [0.2, 0.25) is 0 Å². The highest BCUT2D eigenvalue weighted by atomic mass is 32.1. The Kier molecular flexibility index (Phi) is 5.06. The predicted molar refractivity (Wildman–Crippen MR) is 98.8 cm³/mol. The maximum Gasteiger partial charge on any atom is 0.220 e. The van der Waals surface area contributed by atoms with E-state index >= 15 is 0 Å². The number of aryl methyl sites for hydroxylation is 2. The van der Waals surface area contributed by atoms with E-state index in [-0.39, 0.29) is 24.5 Å². The average molecular weight is 358 g/mol. The van der Waals surface area contributed by atoms with Gasteiger partial charge in [0.2, 0.25) is 5.91 Å². The van der Waals surface area contributed by atoms with Gasteiger partial charge in [-0.2, -0.15) is 0 Å². The molecule has 2 heterocycles. The molecule has 0 aliphatic carbocycles. The minimum absolute atomic E-state index is 0.0342. The smallest absolute Gasteiger partial charge is 0.220 e. The van der Waals surface area contributed by atoms with Gasteiger partial charge in [-0.1, -0.05) is 12.1 Å². The molecule has 1 amide bonds. The fraction of sp³-hybridized carbons (Fsp3) is 0.278. The number of aromatic nitrogens is 1. The molecule has 0 saturated heterocycles. The van der Waals surface area contributed by atoms with Crippen molar-refractivity contribution in [3.63, 3.8) is 0 Å². The highest BCUT2D eigenvalue weighted by Gasteiger charge is 2.14. The number of rotatable bonds is 6. The molecule has 0 radical (unpaired) electrons. The lowest BCUT2D eigenvalue weighted by Gasteiger charge is -2.03. The highest BCUT2D eigenvalue weighted by Crippen LogP contribution is 2.23. The average Bonchev–Trinajstić information content (AvgIpc) is 3.12. The van der Waals surface area contributed by atoms with Crippen LogP contribution in [0.1, 0.15) is 38.0 Å². The molecule has 1 N–H and O–H groups in total. The summed E-state index contributed by atoms with van der Waals surface area (Å²) in [5.41, 5.74) is 1.70. The Labute approximate surface area is 148 Å². The van der Waals surface area contributed by atoms with Gasteiger partial charge in [0, 0.05) is 28.2 Å². The Morgan fingerprint density at radius 1 is 1.12 bits per heavy atom. The van der Waals surface area contributed by atoms with Gasteiger partial charge in [-0.3, -0.25) is 9.59 Å². The first-order valence-electron chi connectivity index (χ1n) is 7.74. The summed E-state index contributed by atoms with van der Waals surface area (Å²) in [5, 5.41) is 3.72. The van der Waals surface area contributed by atoms with Crippen molar-refractivity contribution in [1.29, 1.82) is 0 Å². The van der Waals surface area contributed by atoms with Crippen LogP contribution in [0.4, 0.5) is 0 Å². The van der Waals surface area contributed by atoms with Crippen molar-refractivity contribution in [2.24, 2.45) is 0 Å². The monoisotopic (exact) mass is 358 g/mol. The third-order valence-corrected chi connectivity index (χ3v) is 5.70. The first-order chi connectivity index (χ1) is 11.5. The number of thiophene rings is 1. The van der Waals surface area contributed by atoms with Crippen molar-refractivity contribution in [3.8, 4) is 0 Å². The third kappa shape index (κ3) is 3.88. The zero-order chi connectivity index (χ0) is 17.1. The summed E-state index contributed by atoms with van der Waals surface area (Å²) in [6, 6.07) is 9.80. The van der Waals surface area contributed by atoms with E-state index in [1.54, 1.807) is 22.7 Å². The molecule has 0 aliphatic rings. The number of nitrogens with one attached hydrogen (secondary N) is 1. The molecule has 2 aromatic heterocycles. The largest absolute Gasteiger partial charge is 0.350 e. The number of carbonyl (C=O) groups excluding carboxylic acids is 2. The van der Waals surface area contributed by atoms with Crippen molar-refractivity contribution in [1.82, 2.24) is 10.3 Å². The number of para-hydroxylation sites is 1. The van der Waals surface area contributed by atoms with Gasteiger partial charge in [-0.05, 0) is 32.0 Å². The van der Waals surface area contributed by atoms with E-state index in [0.29, 0.717) is 6.54 Å². The first-order valence-corrected chi connectivity index (χ1v) is 9.37. The quantitative estimate of drug-likeness (QED) is 0.670. The summed E-state index contributed by atoms with van der Waals surface area (Å²) in [7, 11) is 0. The van der Waals surface area contributed by atoms with Crippen molar-refractivity contribution in [3.05, 3.63) is 50.7 Å². The lowest BCUT2D eigenvalue weighted by molar-refractivity contribution is -0.121. The normalized spacial score (nSPS) is 10.9. The summed E-state index contributed by atoms with van der Waals surface area (Å²) < 4.78 is 1.11. The van der Waals surface area contributed by atoms with E-state index in [9.17, 15) is 9.59 Å². The number of fused-ring (bicyclic) bond motifs is 1. The van der Waals surface area contributed by atoms with Crippen LogP contribution in [0.15, 0.2) is 30.3 Å². The van der Waals surface area contributed by atoms with Gasteiger partial charge >= 0.3 is 0 Å². The lowest BCUT2D eigenvalue weighted by Crippen LogP contribution is -2.23. The number of hydrogen-bond donors (Lipinski definition) is 1. The van der Waals surface area contributed by atoms with Gasteiger partial charge in [0.05, 0.1) is 16.8 Å². The van der Waals surface area contributed by atoms with E-state index < -0.39 is 0 Å². The van der Waals surface area contributed by atoms with Crippen LogP contribution in [0.25, 0.3) is 10.2 Å². The first kappa shape index (κ1) is 16.8. The van der Waals surface area contributed by atoms with Gasteiger partial charge in [0.1, 0.15) is 5.01 Å². The van der Waals surface area contributed by atoms with Crippen LogP contribution in [0.3, 0.4) is 0 Å². The predicted octanol–water partition coefficient (Wildman–Crippen LogP) is 4.25. The van der Waals surface area contributed by atoms with Gasteiger partial charge < -0.3 is 5.32 Å². The Bertz CT molecular complexity index is 862. The fourth-order valence-corrected chi connectivity index (χ4v) is 4.38. The number of ketones is 1. The van der Waals surface area contributed by atoms with Crippen molar-refractivity contribution in [2.45, 2.75) is 33.2 Å². The third-order valence-electron chi connectivity index (χ3n) is 3.70. The standard InChI is InChI=1S/C18H18N2O2S2/c1-11-9-13(12(2)23-11)15(21)7-8-17(22)19-10-18-20-14-5-3-4-6-16(14)24-18/h3-6,9H,7-8,10H2,1-2H3,(H,19,22). The molecule has 3 rings (SSSR count). The minimum Gasteiger partial charge on any atom is -0.350 e. The SMILES string of the molecule is Cc1cc(C(=O)CCC(=O)NCc2nc3ccccc3s2)c(C)s1. The second-order valence-corrected chi connectivity index (χ2v) is 8.18. The zero-order valence-corrected chi connectivity index (χ0v) is 15.2. The Hall–Kier alpha value is -2.05. The Balaban J connectivity index is 1.50. The molecule has 0 fully saturated rings. The molecule has 6 heteroatoms. The van der Waals surface area contributed by atoms with E-state index in [0.717, 1.165) is 30.5 Å². The molecule has 4 nitrogen and oxygen atoms in total. The molecule has 3 aromatic rings. The molecule has 0 aliphatic heterocycles. The molecule has 0 unspecified atom stereocenters. The number of nitrogens with zero attached hydrogens (tertiary/aromatic N) is 1. The Morgan fingerprint density at radius 3 is 2.62 bits per heavy atom. The lowest BCUT2D eigenvalue weighted by atomic mass is 10.1. The van der Waals surface area contributed by atoms with Crippen LogP contribution in [-0.4, -0.2) is 16.7 Å². The van der Waals surface area contributed by atoms with Crippen LogP contribution < -0.4 is 5.32 Å². The highest BCUT2D eigenvalue weighted by molar-refractivity contribution is 7.18. The maximum absolute atomic E-state index is 12.2. The second kappa shape index (κ2) is 7.23. The van der Waals surface area contributed by atoms with E-state index in [2.05, 4.69) is 10.3 Å². The number of Topliss-reactive ketones (excluding diaryl/α,β-unsaturated/α-hetero) is 1. The molecule has 1 aromatic carbocycles. The van der Waals surface area contributed by atoms with Crippen LogP contribution >= 0.6 is 22.7 Å². The number of benzene rings is 1. The van der Waals surface area contributed by atoms with Crippen molar-refractivity contribution in [2.75, 3.05) is 0 Å². The van der Waals surface area contributed by atoms with E-state index in [4.69, 9.17) is 0 Å².